The first-order valence-electron chi connectivity index (χ1n) is 5.69. The maximum Gasteiger partial charge on any atom is 0.307 e. The van der Waals surface area contributed by atoms with Gasteiger partial charge < -0.3 is 10.2 Å². The Morgan fingerprint density at radius 3 is 2.26 bits per heavy atom. The first kappa shape index (κ1) is 15.1. The second kappa shape index (κ2) is 7.44. The van der Waals surface area contributed by atoms with Gasteiger partial charge in [0.05, 0.1) is 6.42 Å². The number of carboxylic acids is 1. The minimum Gasteiger partial charge on any atom is -0.508 e. The Morgan fingerprint density at radius 1 is 1.16 bits per heavy atom. The highest BCUT2D eigenvalue weighted by atomic mass is 35.5. The number of hydrogen-bond donors (Lipinski definition) is 2. The Hall–Kier alpha value is -2.00. The van der Waals surface area contributed by atoms with Crippen LogP contribution >= 0.6 is 11.6 Å². The van der Waals surface area contributed by atoms with E-state index in [9.17, 15) is 4.79 Å². The van der Waals surface area contributed by atoms with Crippen molar-refractivity contribution in [3.05, 3.63) is 64.7 Å². The molecule has 0 aliphatic heterocycles. The molecule has 2 aromatic rings. The van der Waals surface area contributed by atoms with E-state index in [1.807, 2.05) is 19.1 Å². The summed E-state index contributed by atoms with van der Waals surface area (Å²) in [6.45, 7) is 1.99. The average molecular weight is 279 g/mol. The fraction of sp³-hybridized carbons (Fsp3) is 0.133. The van der Waals surface area contributed by atoms with E-state index < -0.39 is 5.97 Å². The quantitative estimate of drug-likeness (QED) is 0.881. The van der Waals surface area contributed by atoms with Crippen molar-refractivity contribution in [1.82, 2.24) is 0 Å². The van der Waals surface area contributed by atoms with E-state index in [1.54, 1.807) is 36.4 Å². The maximum absolute atomic E-state index is 10.2. The first-order valence-corrected chi connectivity index (χ1v) is 6.07. The Morgan fingerprint density at radius 2 is 1.79 bits per heavy atom. The summed E-state index contributed by atoms with van der Waals surface area (Å²) < 4.78 is 0. The molecule has 0 aliphatic rings. The number of benzene rings is 2. The van der Waals surface area contributed by atoms with Crippen molar-refractivity contribution in [3.8, 4) is 5.75 Å². The Labute approximate surface area is 117 Å². The number of phenolic OH excluding ortho intramolecular Hbond substituents is 1. The van der Waals surface area contributed by atoms with Crippen molar-refractivity contribution in [2.24, 2.45) is 0 Å². The average Bonchev–Trinajstić information content (AvgIpc) is 2.33. The molecule has 0 aromatic heterocycles. The molecule has 0 bridgehead atoms. The predicted molar refractivity (Wildman–Crippen MR) is 75.6 cm³/mol. The van der Waals surface area contributed by atoms with E-state index >= 15 is 0 Å². The SMILES string of the molecule is Cc1ccc(O)cc1.O=C(O)Cc1cccc(Cl)c1. The lowest BCUT2D eigenvalue weighted by molar-refractivity contribution is -0.136. The molecule has 19 heavy (non-hydrogen) atoms. The highest BCUT2D eigenvalue weighted by Crippen LogP contribution is 2.10. The lowest BCUT2D eigenvalue weighted by Crippen LogP contribution is -1.99. The van der Waals surface area contributed by atoms with Crippen molar-refractivity contribution in [2.45, 2.75) is 13.3 Å². The number of phenols is 1. The van der Waals surface area contributed by atoms with Crippen LogP contribution in [0.4, 0.5) is 0 Å². The van der Waals surface area contributed by atoms with Gasteiger partial charge in [-0.1, -0.05) is 41.4 Å². The minimum atomic E-state index is -0.840. The molecule has 100 valence electrons. The van der Waals surface area contributed by atoms with Crippen molar-refractivity contribution < 1.29 is 15.0 Å². The lowest BCUT2D eigenvalue weighted by Gasteiger charge is -1.95. The van der Waals surface area contributed by atoms with Gasteiger partial charge in [0.15, 0.2) is 0 Å². The molecule has 0 aliphatic carbocycles. The third kappa shape index (κ3) is 6.48. The van der Waals surface area contributed by atoms with E-state index in [1.165, 1.54) is 5.56 Å². The number of aromatic hydroxyl groups is 1. The molecule has 0 atom stereocenters. The largest absolute Gasteiger partial charge is 0.508 e. The van der Waals surface area contributed by atoms with E-state index in [0.717, 1.165) is 5.56 Å². The zero-order chi connectivity index (χ0) is 14.3. The van der Waals surface area contributed by atoms with Crippen LogP contribution in [-0.4, -0.2) is 16.2 Å². The smallest absolute Gasteiger partial charge is 0.307 e. The highest BCUT2D eigenvalue weighted by Gasteiger charge is 1.99. The lowest BCUT2D eigenvalue weighted by atomic mass is 10.2. The summed E-state index contributed by atoms with van der Waals surface area (Å²) in [5.41, 5.74) is 1.90. The number of halogens is 1. The summed E-state index contributed by atoms with van der Waals surface area (Å²) >= 11 is 5.64. The summed E-state index contributed by atoms with van der Waals surface area (Å²) in [4.78, 5) is 10.2. The molecule has 0 fully saturated rings. The fourth-order valence-corrected chi connectivity index (χ4v) is 1.58. The topological polar surface area (TPSA) is 57.5 Å². The third-order valence-electron chi connectivity index (χ3n) is 2.28. The van der Waals surface area contributed by atoms with Gasteiger partial charge in [0.2, 0.25) is 0 Å². The molecule has 0 unspecified atom stereocenters. The van der Waals surface area contributed by atoms with Gasteiger partial charge in [0.1, 0.15) is 5.75 Å². The van der Waals surface area contributed by atoms with Crippen LogP contribution in [0.2, 0.25) is 5.02 Å². The second-order valence-electron chi connectivity index (χ2n) is 4.04. The summed E-state index contributed by atoms with van der Waals surface area (Å²) in [6, 6.07) is 13.9. The highest BCUT2D eigenvalue weighted by molar-refractivity contribution is 6.30. The molecule has 2 N–H and O–H groups in total. The molecule has 2 aromatic carbocycles. The second-order valence-corrected chi connectivity index (χ2v) is 4.47. The van der Waals surface area contributed by atoms with Crippen molar-refractivity contribution in [3.63, 3.8) is 0 Å². The molecule has 0 amide bonds. The van der Waals surface area contributed by atoms with Gasteiger partial charge in [-0.05, 0) is 36.8 Å². The summed E-state index contributed by atoms with van der Waals surface area (Å²) in [7, 11) is 0. The molecule has 0 saturated carbocycles. The van der Waals surface area contributed by atoms with E-state index in [4.69, 9.17) is 21.8 Å². The number of aryl methyl sites for hydroxylation is 1. The van der Waals surface area contributed by atoms with E-state index in [2.05, 4.69) is 0 Å². The van der Waals surface area contributed by atoms with Crippen LogP contribution in [0, 0.1) is 6.92 Å². The summed E-state index contributed by atoms with van der Waals surface area (Å²) in [5.74, 6) is -0.511. The normalized spacial score (nSPS) is 9.37. The van der Waals surface area contributed by atoms with Gasteiger partial charge in [-0.3, -0.25) is 4.79 Å². The zero-order valence-electron chi connectivity index (χ0n) is 10.5. The van der Waals surface area contributed by atoms with E-state index in [-0.39, 0.29) is 6.42 Å². The first-order chi connectivity index (χ1) is 8.97. The van der Waals surface area contributed by atoms with Gasteiger partial charge in [-0.2, -0.15) is 0 Å². The number of hydrogen-bond acceptors (Lipinski definition) is 2. The Balaban J connectivity index is 0.000000200. The summed E-state index contributed by atoms with van der Waals surface area (Å²) in [5, 5.41) is 17.7. The van der Waals surface area contributed by atoms with Gasteiger partial charge in [0.25, 0.3) is 0 Å². The number of carbonyl (C=O) groups is 1. The Kier molecular flexibility index (Phi) is 5.90. The minimum absolute atomic E-state index is 0.0283. The molecule has 0 radical (unpaired) electrons. The molecule has 0 heterocycles. The van der Waals surface area contributed by atoms with Crippen LogP contribution in [0.3, 0.4) is 0 Å². The van der Waals surface area contributed by atoms with E-state index in [0.29, 0.717) is 10.8 Å². The molecular weight excluding hydrogens is 264 g/mol. The van der Waals surface area contributed by atoms with Crippen LogP contribution in [-0.2, 0) is 11.2 Å². The van der Waals surface area contributed by atoms with Crippen LogP contribution in [0.15, 0.2) is 48.5 Å². The number of aliphatic carboxylic acids is 1. The number of rotatable bonds is 2. The standard InChI is InChI=1S/C8H7ClO2.C7H8O/c9-7-3-1-2-6(4-7)5-8(10)11;1-6-2-4-7(8)5-3-6/h1-4H,5H2,(H,10,11);2-5,8H,1H3. The Bertz CT molecular complexity index is 514. The predicted octanol–water partition coefficient (Wildman–Crippen LogP) is 3.67. The molecule has 4 heteroatoms. The number of carboxylic acid groups (broad SMARTS) is 1. The monoisotopic (exact) mass is 278 g/mol. The van der Waals surface area contributed by atoms with Gasteiger partial charge in [-0.15, -0.1) is 0 Å². The van der Waals surface area contributed by atoms with Crippen molar-refractivity contribution in [2.75, 3.05) is 0 Å². The van der Waals surface area contributed by atoms with Gasteiger partial charge in [0, 0.05) is 5.02 Å². The van der Waals surface area contributed by atoms with Crippen LogP contribution in [0.25, 0.3) is 0 Å². The van der Waals surface area contributed by atoms with Crippen molar-refractivity contribution >= 4 is 17.6 Å². The molecule has 2 rings (SSSR count). The zero-order valence-corrected chi connectivity index (χ0v) is 11.3. The summed E-state index contributed by atoms with van der Waals surface area (Å²) in [6.07, 6.45) is 0.0283. The maximum atomic E-state index is 10.2. The molecule has 0 spiro atoms. The van der Waals surface area contributed by atoms with Crippen LogP contribution in [0.1, 0.15) is 11.1 Å². The third-order valence-corrected chi connectivity index (χ3v) is 2.51. The molecular formula is C15H15ClO3. The molecule has 0 saturated heterocycles. The van der Waals surface area contributed by atoms with Gasteiger partial charge in [-0.25, -0.2) is 0 Å². The molecule has 3 nitrogen and oxygen atoms in total. The fourth-order valence-electron chi connectivity index (χ4n) is 1.37. The van der Waals surface area contributed by atoms with Crippen LogP contribution in [0.5, 0.6) is 5.75 Å². The van der Waals surface area contributed by atoms with Crippen LogP contribution < -0.4 is 0 Å². The van der Waals surface area contributed by atoms with Gasteiger partial charge >= 0.3 is 5.97 Å². The van der Waals surface area contributed by atoms with Crippen molar-refractivity contribution in [1.29, 1.82) is 0 Å².